The van der Waals surface area contributed by atoms with E-state index in [4.69, 9.17) is 15.9 Å². The molecule has 0 radical (unpaired) electrons. The van der Waals surface area contributed by atoms with Gasteiger partial charge in [-0.2, -0.15) is 0 Å². The zero-order valence-electron chi connectivity index (χ0n) is 20.0. The van der Waals surface area contributed by atoms with Gasteiger partial charge in [0.1, 0.15) is 23.9 Å². The number of rotatable bonds is 14. The summed E-state index contributed by atoms with van der Waals surface area (Å²) in [6.07, 6.45) is 0.0138. The highest BCUT2D eigenvalue weighted by molar-refractivity contribution is 5.94. The van der Waals surface area contributed by atoms with Crippen LogP contribution in [0.1, 0.15) is 45.6 Å². The Kier molecular flexibility index (Phi) is 11.7. The molecule has 3 amide bonds. The lowest BCUT2D eigenvalue weighted by molar-refractivity contribution is -0.142. The van der Waals surface area contributed by atoms with E-state index in [1.54, 1.807) is 26.0 Å². The summed E-state index contributed by atoms with van der Waals surface area (Å²) in [5.74, 6) is -4.84. The molecule has 0 fully saturated rings. The van der Waals surface area contributed by atoms with Gasteiger partial charge in [-0.3, -0.25) is 24.0 Å². The highest BCUT2D eigenvalue weighted by Crippen LogP contribution is 2.13. The zero-order valence-corrected chi connectivity index (χ0v) is 20.0. The van der Waals surface area contributed by atoms with Crippen LogP contribution in [0.4, 0.5) is 0 Å². The molecule has 0 saturated heterocycles. The predicted molar refractivity (Wildman–Crippen MR) is 125 cm³/mol. The number of benzene rings is 1. The molecule has 194 valence electrons. The Bertz CT molecular complexity index is 905. The van der Waals surface area contributed by atoms with E-state index in [0.29, 0.717) is 12.0 Å². The predicted octanol–water partition coefficient (Wildman–Crippen LogP) is -0.268. The molecule has 8 N–H and O–H groups in total. The number of hydrogen-bond acceptors (Lipinski definition) is 7. The van der Waals surface area contributed by atoms with Crippen LogP contribution in [0.2, 0.25) is 0 Å². The second-order valence-corrected chi connectivity index (χ2v) is 8.41. The van der Waals surface area contributed by atoms with Crippen molar-refractivity contribution in [3.8, 4) is 5.75 Å². The molecule has 1 aromatic rings. The quantitative estimate of drug-likeness (QED) is 0.181. The molecule has 1 rings (SSSR count). The SMILES string of the molecule is CCC(C)C(NC(=O)C(Cc1ccc(O)cc1)NC(=O)C(N)CCC(=O)O)C(=O)NC(C)C(=O)O. The smallest absolute Gasteiger partial charge is 0.325 e. The third kappa shape index (κ3) is 10.0. The van der Waals surface area contributed by atoms with Gasteiger partial charge in [0.05, 0.1) is 6.04 Å². The standard InChI is InChI=1S/C23H34N4O8/c1-4-12(2)19(22(33)25-13(3)23(34)35)27-21(32)17(11-14-5-7-15(28)8-6-14)26-20(31)16(24)9-10-18(29)30/h5-8,12-13,16-17,19,28H,4,9-11,24H2,1-3H3,(H,25,33)(H,26,31)(H,27,32)(H,29,30)(H,34,35). The van der Waals surface area contributed by atoms with Gasteiger partial charge in [0.25, 0.3) is 0 Å². The molecule has 12 nitrogen and oxygen atoms in total. The molecule has 0 aromatic heterocycles. The topological polar surface area (TPSA) is 208 Å². The van der Waals surface area contributed by atoms with Crippen LogP contribution in [0.25, 0.3) is 0 Å². The summed E-state index contributed by atoms with van der Waals surface area (Å²) >= 11 is 0. The molecule has 5 atom stereocenters. The molecule has 0 aliphatic rings. The minimum absolute atomic E-state index is 0.00976. The molecule has 12 heteroatoms. The molecular weight excluding hydrogens is 460 g/mol. The van der Waals surface area contributed by atoms with Crippen LogP contribution in [0.5, 0.6) is 5.75 Å². The van der Waals surface area contributed by atoms with Gasteiger partial charge in [-0.15, -0.1) is 0 Å². The lowest BCUT2D eigenvalue weighted by Crippen LogP contribution is -2.58. The number of amides is 3. The first-order valence-electron chi connectivity index (χ1n) is 11.2. The zero-order chi connectivity index (χ0) is 26.7. The van der Waals surface area contributed by atoms with Crippen molar-refractivity contribution in [1.82, 2.24) is 16.0 Å². The van der Waals surface area contributed by atoms with Crippen molar-refractivity contribution >= 4 is 29.7 Å². The molecule has 5 unspecified atom stereocenters. The number of carbonyl (C=O) groups excluding carboxylic acids is 3. The highest BCUT2D eigenvalue weighted by Gasteiger charge is 2.32. The summed E-state index contributed by atoms with van der Waals surface area (Å²) in [6, 6.07) is 1.32. The maximum Gasteiger partial charge on any atom is 0.325 e. The molecular formula is C23H34N4O8. The van der Waals surface area contributed by atoms with Crippen molar-refractivity contribution in [2.45, 2.75) is 70.6 Å². The molecule has 0 heterocycles. The van der Waals surface area contributed by atoms with Gasteiger partial charge in [0.2, 0.25) is 17.7 Å². The Labute approximate surface area is 203 Å². The summed E-state index contributed by atoms with van der Waals surface area (Å²) in [5, 5.41) is 34.8. The molecule has 35 heavy (non-hydrogen) atoms. The van der Waals surface area contributed by atoms with Crippen LogP contribution in [-0.4, -0.2) is 69.1 Å². The number of nitrogens with two attached hydrogens (primary N) is 1. The third-order valence-corrected chi connectivity index (χ3v) is 5.54. The lowest BCUT2D eigenvalue weighted by Gasteiger charge is -2.27. The van der Waals surface area contributed by atoms with E-state index in [1.807, 2.05) is 0 Å². The monoisotopic (exact) mass is 494 g/mol. The van der Waals surface area contributed by atoms with Crippen LogP contribution in [-0.2, 0) is 30.4 Å². The Hall–Kier alpha value is -3.67. The Balaban J connectivity index is 3.10. The number of carboxylic acids is 2. The first-order valence-corrected chi connectivity index (χ1v) is 11.2. The summed E-state index contributed by atoms with van der Waals surface area (Å²) in [5.41, 5.74) is 6.36. The summed E-state index contributed by atoms with van der Waals surface area (Å²) in [4.78, 5) is 60.3. The van der Waals surface area contributed by atoms with Crippen LogP contribution in [0.15, 0.2) is 24.3 Å². The van der Waals surface area contributed by atoms with Crippen molar-refractivity contribution in [3.63, 3.8) is 0 Å². The Morgan fingerprint density at radius 2 is 1.51 bits per heavy atom. The van der Waals surface area contributed by atoms with Crippen LogP contribution < -0.4 is 21.7 Å². The number of nitrogens with one attached hydrogen (secondary N) is 3. The first kappa shape index (κ1) is 29.4. The van der Waals surface area contributed by atoms with E-state index in [-0.39, 0.29) is 30.9 Å². The second kappa shape index (κ2) is 13.9. The van der Waals surface area contributed by atoms with E-state index in [1.165, 1.54) is 19.1 Å². The summed E-state index contributed by atoms with van der Waals surface area (Å²) in [7, 11) is 0. The van der Waals surface area contributed by atoms with Gasteiger partial charge in [-0.05, 0) is 37.0 Å². The fraction of sp³-hybridized carbons (Fsp3) is 0.522. The van der Waals surface area contributed by atoms with E-state index in [0.717, 1.165) is 0 Å². The van der Waals surface area contributed by atoms with Gasteiger partial charge in [-0.25, -0.2) is 0 Å². The minimum atomic E-state index is -1.24. The number of carboxylic acid groups (broad SMARTS) is 2. The molecule has 1 aromatic carbocycles. The van der Waals surface area contributed by atoms with Crippen LogP contribution in [0.3, 0.4) is 0 Å². The fourth-order valence-electron chi connectivity index (χ4n) is 3.09. The normalized spacial score (nSPS) is 15.1. The second-order valence-electron chi connectivity index (χ2n) is 8.41. The van der Waals surface area contributed by atoms with Crippen LogP contribution >= 0.6 is 0 Å². The van der Waals surface area contributed by atoms with Gasteiger partial charge < -0.3 is 37.0 Å². The van der Waals surface area contributed by atoms with E-state index in [9.17, 15) is 29.1 Å². The van der Waals surface area contributed by atoms with Gasteiger partial charge in [0, 0.05) is 12.8 Å². The number of phenols is 1. The maximum absolute atomic E-state index is 13.2. The number of aliphatic carboxylic acids is 2. The maximum atomic E-state index is 13.2. The van der Waals surface area contributed by atoms with E-state index >= 15 is 0 Å². The van der Waals surface area contributed by atoms with Crippen molar-refractivity contribution in [2.24, 2.45) is 11.7 Å². The fourth-order valence-corrected chi connectivity index (χ4v) is 3.09. The third-order valence-electron chi connectivity index (χ3n) is 5.54. The minimum Gasteiger partial charge on any atom is -0.508 e. The average Bonchev–Trinajstić information content (AvgIpc) is 2.80. The average molecular weight is 495 g/mol. The number of carbonyl (C=O) groups is 5. The van der Waals surface area contributed by atoms with Gasteiger partial charge in [0.15, 0.2) is 0 Å². The first-order chi connectivity index (χ1) is 16.3. The Morgan fingerprint density at radius 3 is 2.03 bits per heavy atom. The molecule has 0 aliphatic heterocycles. The molecule has 0 spiro atoms. The van der Waals surface area contributed by atoms with E-state index < -0.39 is 53.8 Å². The van der Waals surface area contributed by atoms with Crippen molar-refractivity contribution in [1.29, 1.82) is 0 Å². The molecule has 0 bridgehead atoms. The molecule has 0 saturated carbocycles. The largest absolute Gasteiger partial charge is 0.508 e. The number of aromatic hydroxyl groups is 1. The summed E-state index contributed by atoms with van der Waals surface area (Å²) < 4.78 is 0. The summed E-state index contributed by atoms with van der Waals surface area (Å²) in [6.45, 7) is 4.81. The lowest BCUT2D eigenvalue weighted by atomic mass is 9.96. The van der Waals surface area contributed by atoms with Crippen molar-refractivity contribution < 1.29 is 39.3 Å². The van der Waals surface area contributed by atoms with Crippen molar-refractivity contribution in [3.05, 3.63) is 29.8 Å². The number of hydrogen-bond donors (Lipinski definition) is 7. The number of phenolic OH excluding ortho intramolecular Hbond substituents is 1. The van der Waals surface area contributed by atoms with Gasteiger partial charge >= 0.3 is 11.9 Å². The highest BCUT2D eigenvalue weighted by atomic mass is 16.4. The Morgan fingerprint density at radius 1 is 0.914 bits per heavy atom. The van der Waals surface area contributed by atoms with E-state index in [2.05, 4.69) is 16.0 Å². The molecule has 0 aliphatic carbocycles. The van der Waals surface area contributed by atoms with Gasteiger partial charge in [-0.1, -0.05) is 32.4 Å². The van der Waals surface area contributed by atoms with Crippen molar-refractivity contribution in [2.75, 3.05) is 0 Å². The van der Waals surface area contributed by atoms with Crippen LogP contribution in [0, 0.1) is 5.92 Å².